The second kappa shape index (κ2) is 12.0. The maximum absolute atomic E-state index is 13.1. The lowest BCUT2D eigenvalue weighted by atomic mass is 10.0. The summed E-state index contributed by atoms with van der Waals surface area (Å²) in [6.45, 7) is 3.23. The van der Waals surface area contributed by atoms with Crippen LogP contribution >= 0.6 is 0 Å². The number of rotatable bonds is 9. The van der Waals surface area contributed by atoms with Crippen LogP contribution in [0.4, 0.5) is 11.4 Å². The number of aryl methyl sites for hydroxylation is 1. The number of para-hydroxylation sites is 1. The number of hydrogen-bond acceptors (Lipinski definition) is 7. The Balaban J connectivity index is 1.45. The molecule has 4 rings (SSSR count). The van der Waals surface area contributed by atoms with Crippen molar-refractivity contribution in [2.75, 3.05) is 23.2 Å². The lowest BCUT2D eigenvalue weighted by molar-refractivity contribution is -0.112. The Morgan fingerprint density at radius 2 is 1.95 bits per heavy atom. The molecule has 0 radical (unpaired) electrons. The van der Waals surface area contributed by atoms with Gasteiger partial charge in [0.05, 0.1) is 30.2 Å². The Kier molecular flexibility index (Phi) is 8.70. The first kappa shape index (κ1) is 26.9. The van der Waals surface area contributed by atoms with Crippen molar-refractivity contribution in [2.45, 2.75) is 43.4 Å². The number of anilines is 2. The van der Waals surface area contributed by atoms with E-state index in [1.165, 1.54) is 5.06 Å². The lowest BCUT2D eigenvalue weighted by Gasteiger charge is -2.26. The van der Waals surface area contributed by atoms with Crippen LogP contribution in [0.25, 0.3) is 6.08 Å². The number of amides is 1. The molecule has 0 bridgehead atoms. The maximum Gasteiger partial charge on any atom is 0.285 e. The van der Waals surface area contributed by atoms with Gasteiger partial charge >= 0.3 is 0 Å². The molecule has 1 aliphatic rings. The van der Waals surface area contributed by atoms with Gasteiger partial charge in [-0.05, 0) is 66.8 Å². The summed E-state index contributed by atoms with van der Waals surface area (Å²) in [5.41, 5.74) is 3.35. The number of imidazole rings is 1. The van der Waals surface area contributed by atoms with Crippen molar-refractivity contribution >= 4 is 44.7 Å². The maximum atomic E-state index is 13.1. The summed E-state index contributed by atoms with van der Waals surface area (Å²) in [6.07, 6.45) is 8.20. The molecule has 9 nitrogen and oxygen atoms in total. The molecule has 11 heteroatoms. The van der Waals surface area contributed by atoms with Crippen LogP contribution in [0.1, 0.15) is 37.4 Å². The van der Waals surface area contributed by atoms with E-state index in [4.69, 9.17) is 4.28 Å². The molecule has 196 valence electrons. The van der Waals surface area contributed by atoms with Gasteiger partial charge < -0.3 is 14.4 Å². The van der Waals surface area contributed by atoms with E-state index in [1.807, 2.05) is 16.7 Å². The van der Waals surface area contributed by atoms with Gasteiger partial charge in [0.2, 0.25) is 0 Å². The summed E-state index contributed by atoms with van der Waals surface area (Å²) in [5.74, 6) is 0.127. The van der Waals surface area contributed by atoms with Crippen LogP contribution in [0.2, 0.25) is 0 Å². The first-order valence-corrected chi connectivity index (χ1v) is 15.1. The van der Waals surface area contributed by atoms with Gasteiger partial charge in [-0.1, -0.05) is 25.1 Å². The third kappa shape index (κ3) is 7.22. The van der Waals surface area contributed by atoms with E-state index in [1.54, 1.807) is 55.0 Å². The molecule has 1 aromatic heterocycles. The third-order valence-corrected chi connectivity index (χ3v) is 7.58. The Hall–Kier alpha value is -3.12. The summed E-state index contributed by atoms with van der Waals surface area (Å²) in [7, 11) is -3.69. The molecule has 1 N–H and O–H groups in total. The number of hydrogen-bond donors (Lipinski definition) is 1. The van der Waals surface area contributed by atoms with E-state index in [0.717, 1.165) is 24.9 Å². The van der Waals surface area contributed by atoms with Gasteiger partial charge in [-0.15, -0.1) is 4.28 Å². The van der Waals surface area contributed by atoms with Gasteiger partial charge in [0.15, 0.2) is 10.6 Å². The van der Waals surface area contributed by atoms with E-state index in [0.29, 0.717) is 52.5 Å². The number of fused-ring (bicyclic) bond motifs is 1. The monoisotopic (exact) mass is 542 g/mol. The highest BCUT2D eigenvalue weighted by Crippen LogP contribution is 2.29. The highest BCUT2D eigenvalue weighted by atomic mass is 32.2. The molecule has 1 amide bonds. The minimum atomic E-state index is -3.69. The van der Waals surface area contributed by atoms with Crippen LogP contribution in [0.15, 0.2) is 71.5 Å². The van der Waals surface area contributed by atoms with E-state index >= 15 is 0 Å². The zero-order chi connectivity index (χ0) is 26.4. The molecule has 0 aliphatic carbocycles. The van der Waals surface area contributed by atoms with E-state index in [-0.39, 0.29) is 5.91 Å². The molecular weight excluding hydrogens is 512 g/mol. The fourth-order valence-corrected chi connectivity index (χ4v) is 5.68. The van der Waals surface area contributed by atoms with Crippen molar-refractivity contribution in [1.29, 1.82) is 0 Å². The zero-order valence-electron chi connectivity index (χ0n) is 20.8. The molecule has 0 saturated heterocycles. The highest BCUT2D eigenvalue weighted by Gasteiger charge is 2.21. The van der Waals surface area contributed by atoms with Crippen molar-refractivity contribution in [3.63, 3.8) is 0 Å². The molecule has 3 aromatic rings. The van der Waals surface area contributed by atoms with Crippen LogP contribution in [0.3, 0.4) is 0 Å². The van der Waals surface area contributed by atoms with Gasteiger partial charge in [-0.2, -0.15) is 8.42 Å². The molecule has 37 heavy (non-hydrogen) atoms. The minimum absolute atomic E-state index is 0.246. The number of carbonyl (C=O) groups is 1. The second-order valence-corrected chi connectivity index (χ2v) is 11.8. The number of benzene rings is 2. The van der Waals surface area contributed by atoms with Gasteiger partial charge in [0.1, 0.15) is 0 Å². The summed E-state index contributed by atoms with van der Waals surface area (Å²) < 4.78 is 43.5. The largest absolute Gasteiger partial charge is 0.611 e. The summed E-state index contributed by atoms with van der Waals surface area (Å²) in [5, 5.41) is 4.27. The number of carbonyl (C=O) groups excluding carboxylic acids is 1. The minimum Gasteiger partial charge on any atom is -0.611 e. The molecule has 1 aliphatic heterocycles. The Morgan fingerprint density at radius 3 is 2.68 bits per heavy atom. The van der Waals surface area contributed by atoms with Crippen molar-refractivity contribution in [1.82, 2.24) is 9.55 Å². The number of nitrogens with one attached hydrogen (secondary N) is 1. The number of nitrogens with zero attached hydrogens (tertiary/aromatic N) is 3. The normalized spacial score (nSPS) is 14.8. The fourth-order valence-electron chi connectivity index (χ4n) is 4.08. The highest BCUT2D eigenvalue weighted by molar-refractivity contribution is 7.90. The van der Waals surface area contributed by atoms with E-state index < -0.39 is 21.3 Å². The Morgan fingerprint density at radius 1 is 1.19 bits per heavy atom. The van der Waals surface area contributed by atoms with E-state index in [2.05, 4.69) is 17.2 Å². The first-order chi connectivity index (χ1) is 17.7. The number of aromatic nitrogens is 2. The second-order valence-electron chi connectivity index (χ2n) is 8.76. The van der Waals surface area contributed by atoms with Crippen LogP contribution in [0, 0.1) is 0 Å². The molecule has 1 atom stereocenters. The standard InChI is InChI=1S/C26H30N4O5S2/c1-3-14-29-19-27-17-23(29)18-36(32)24-12-10-22(11-13-24)28-26(31)21-8-6-15-30(35-37(2,33)34)25-9-5-4-7-20(25)16-21/h4-5,7,9-13,16-17,19H,3,6,8,14-15,18H2,1-2H3,(H,28,31). The Bertz CT molecular complexity index is 1370. The lowest BCUT2D eigenvalue weighted by Crippen LogP contribution is -2.29. The molecule has 0 saturated carbocycles. The van der Waals surface area contributed by atoms with Crippen LogP contribution in [0.5, 0.6) is 0 Å². The first-order valence-electron chi connectivity index (χ1n) is 12.0. The van der Waals surface area contributed by atoms with Crippen LogP contribution < -0.4 is 10.4 Å². The molecule has 2 aromatic carbocycles. The molecule has 0 fully saturated rings. The van der Waals surface area contributed by atoms with Crippen molar-refractivity contribution in [2.24, 2.45) is 0 Å². The predicted octanol–water partition coefficient (Wildman–Crippen LogP) is 4.11. The van der Waals surface area contributed by atoms with E-state index in [9.17, 15) is 17.8 Å². The topological polar surface area (TPSA) is 117 Å². The third-order valence-electron chi connectivity index (χ3n) is 5.78. The molecule has 0 spiro atoms. The average Bonchev–Trinajstić information content (AvgIpc) is 3.28. The summed E-state index contributed by atoms with van der Waals surface area (Å²) in [4.78, 5) is 17.9. The summed E-state index contributed by atoms with van der Waals surface area (Å²) in [6, 6.07) is 14.2. The van der Waals surface area contributed by atoms with Crippen molar-refractivity contribution in [3.8, 4) is 0 Å². The van der Waals surface area contributed by atoms with Crippen LogP contribution in [-0.2, 0) is 42.7 Å². The zero-order valence-corrected chi connectivity index (χ0v) is 22.4. The predicted molar refractivity (Wildman–Crippen MR) is 145 cm³/mol. The molecule has 2 heterocycles. The van der Waals surface area contributed by atoms with Gasteiger partial charge in [0, 0.05) is 29.9 Å². The summed E-state index contributed by atoms with van der Waals surface area (Å²) >= 11 is -1.24. The van der Waals surface area contributed by atoms with Crippen LogP contribution in [-0.4, -0.2) is 41.2 Å². The molecule has 1 unspecified atom stereocenters. The fraction of sp³-hybridized carbons (Fsp3) is 0.308. The Labute approximate surface area is 220 Å². The van der Waals surface area contributed by atoms with Gasteiger partial charge in [-0.25, -0.2) is 10.0 Å². The van der Waals surface area contributed by atoms with Gasteiger partial charge in [0.25, 0.3) is 16.0 Å². The average molecular weight is 543 g/mol. The number of hydroxylamine groups is 1. The molecular formula is C26H30N4O5S2. The smallest absolute Gasteiger partial charge is 0.285 e. The van der Waals surface area contributed by atoms with Gasteiger partial charge in [-0.3, -0.25) is 4.79 Å². The SMILES string of the molecule is CCCn1cncc1C[S+]([O-])c1ccc(NC(=O)C2=Cc3ccccc3N(OS(C)(=O)=O)CCC2)cc1. The van der Waals surface area contributed by atoms with Crippen molar-refractivity contribution in [3.05, 3.63) is 77.9 Å². The van der Waals surface area contributed by atoms with Crippen molar-refractivity contribution < 1.29 is 22.0 Å². The quantitative estimate of drug-likeness (QED) is 0.404.